The normalized spacial score (nSPS) is 11.1. The van der Waals surface area contributed by atoms with Crippen LogP contribution in [0.3, 0.4) is 0 Å². The van der Waals surface area contributed by atoms with Gasteiger partial charge in [-0.1, -0.05) is 24.3 Å². The smallest absolute Gasteiger partial charge is 0.214 e. The van der Waals surface area contributed by atoms with E-state index in [2.05, 4.69) is 44.9 Å². The minimum atomic E-state index is 0. The number of ether oxygens (including phenoxy) is 1. The minimum Gasteiger partial charge on any atom is -0.444 e. The molecule has 1 aromatic carbocycles. The number of hydrogen-bond acceptors (Lipinski definition) is 4. The molecule has 0 aliphatic carbocycles. The van der Waals surface area contributed by atoms with Crippen LogP contribution in [0, 0.1) is 13.8 Å². The number of methoxy groups -OCH3 is 1. The third-order valence-corrected chi connectivity index (χ3v) is 3.58. The van der Waals surface area contributed by atoms with E-state index in [1.807, 2.05) is 20.8 Å². The molecule has 25 heavy (non-hydrogen) atoms. The fourth-order valence-electron chi connectivity index (χ4n) is 2.19. The lowest BCUT2D eigenvalue weighted by molar-refractivity contribution is 0.185. The second-order valence-corrected chi connectivity index (χ2v) is 5.55. The number of nitrogens with one attached hydrogen (secondary N) is 2. The molecule has 0 saturated heterocycles. The van der Waals surface area contributed by atoms with E-state index in [0.717, 1.165) is 35.1 Å². The van der Waals surface area contributed by atoms with Crippen molar-refractivity contribution in [3.05, 3.63) is 52.7 Å². The summed E-state index contributed by atoms with van der Waals surface area (Å²) < 4.78 is 10.7. The molecule has 0 bridgehead atoms. The van der Waals surface area contributed by atoms with Gasteiger partial charge in [-0.05, 0) is 31.9 Å². The monoisotopic (exact) mass is 458 g/mol. The number of guanidine groups is 1. The first kappa shape index (κ1) is 21.4. The summed E-state index contributed by atoms with van der Waals surface area (Å²) in [6, 6.07) is 8.27. The largest absolute Gasteiger partial charge is 0.444 e. The van der Waals surface area contributed by atoms with Gasteiger partial charge in [0.1, 0.15) is 5.76 Å². The van der Waals surface area contributed by atoms with Gasteiger partial charge in [0.25, 0.3) is 0 Å². The van der Waals surface area contributed by atoms with Crippen molar-refractivity contribution in [1.29, 1.82) is 0 Å². The molecule has 2 aromatic rings. The van der Waals surface area contributed by atoms with E-state index in [0.29, 0.717) is 25.6 Å². The van der Waals surface area contributed by atoms with Gasteiger partial charge >= 0.3 is 0 Å². The Bertz CT molecular complexity index is 649. The van der Waals surface area contributed by atoms with Gasteiger partial charge in [0.15, 0.2) is 5.96 Å². The third-order valence-electron chi connectivity index (χ3n) is 3.58. The van der Waals surface area contributed by atoms with Crippen LogP contribution in [0.2, 0.25) is 0 Å². The maximum absolute atomic E-state index is 5.57. The molecular weight excluding hydrogens is 431 g/mol. The van der Waals surface area contributed by atoms with E-state index in [-0.39, 0.29) is 24.0 Å². The van der Waals surface area contributed by atoms with Crippen LogP contribution in [0.1, 0.15) is 35.4 Å². The Kier molecular flexibility index (Phi) is 9.51. The first-order valence-electron chi connectivity index (χ1n) is 8.14. The number of rotatable bonds is 7. The Morgan fingerprint density at radius 3 is 2.40 bits per heavy atom. The van der Waals surface area contributed by atoms with Crippen molar-refractivity contribution >= 4 is 29.9 Å². The summed E-state index contributed by atoms with van der Waals surface area (Å²) in [6.07, 6.45) is 0. The molecule has 2 rings (SSSR count). The third kappa shape index (κ3) is 7.03. The van der Waals surface area contributed by atoms with E-state index in [1.165, 1.54) is 0 Å². The van der Waals surface area contributed by atoms with Crippen LogP contribution in [0.5, 0.6) is 0 Å². The SMILES string of the molecule is CCNC(=NCc1ccc(COC)cc1)NCc1nc(C)c(C)o1.I. The van der Waals surface area contributed by atoms with Gasteiger partial charge in [-0.25, -0.2) is 9.98 Å². The molecule has 0 saturated carbocycles. The highest BCUT2D eigenvalue weighted by atomic mass is 127. The Morgan fingerprint density at radius 2 is 1.84 bits per heavy atom. The first-order valence-corrected chi connectivity index (χ1v) is 8.14. The molecule has 0 spiro atoms. The van der Waals surface area contributed by atoms with Gasteiger partial charge in [-0.2, -0.15) is 0 Å². The molecule has 0 aliphatic rings. The molecule has 0 amide bonds. The molecule has 1 heterocycles. The standard InChI is InChI=1S/C18H26N4O2.HI/c1-5-19-18(21-11-17-22-13(2)14(3)24-17)20-10-15-6-8-16(9-7-15)12-23-4;/h6-9H,5,10-12H2,1-4H3,(H2,19,20,21);1H. The summed E-state index contributed by atoms with van der Waals surface area (Å²) in [5.74, 6) is 2.26. The van der Waals surface area contributed by atoms with Crippen molar-refractivity contribution < 1.29 is 9.15 Å². The quantitative estimate of drug-likeness (QED) is 0.379. The number of aliphatic imine (C=N–C) groups is 1. The van der Waals surface area contributed by atoms with Crippen LogP contribution in [0.15, 0.2) is 33.7 Å². The number of benzene rings is 1. The summed E-state index contributed by atoms with van der Waals surface area (Å²) in [5, 5.41) is 6.47. The fourth-order valence-corrected chi connectivity index (χ4v) is 2.19. The predicted molar refractivity (Wildman–Crippen MR) is 110 cm³/mol. The zero-order valence-electron chi connectivity index (χ0n) is 15.3. The van der Waals surface area contributed by atoms with Crippen molar-refractivity contribution in [2.24, 2.45) is 4.99 Å². The molecule has 2 N–H and O–H groups in total. The number of halogens is 1. The Labute approximate surface area is 166 Å². The average molecular weight is 458 g/mol. The van der Waals surface area contributed by atoms with Gasteiger partial charge < -0.3 is 19.8 Å². The van der Waals surface area contributed by atoms with E-state index in [4.69, 9.17) is 9.15 Å². The zero-order chi connectivity index (χ0) is 17.4. The first-order chi connectivity index (χ1) is 11.6. The highest BCUT2D eigenvalue weighted by Gasteiger charge is 2.06. The molecule has 7 heteroatoms. The van der Waals surface area contributed by atoms with E-state index in [9.17, 15) is 0 Å². The summed E-state index contributed by atoms with van der Waals surface area (Å²) in [4.78, 5) is 8.96. The van der Waals surface area contributed by atoms with Crippen LogP contribution >= 0.6 is 24.0 Å². The van der Waals surface area contributed by atoms with Gasteiger partial charge in [0.2, 0.25) is 5.89 Å². The van der Waals surface area contributed by atoms with Crippen molar-refractivity contribution in [2.75, 3.05) is 13.7 Å². The average Bonchev–Trinajstić information content (AvgIpc) is 2.90. The van der Waals surface area contributed by atoms with Crippen molar-refractivity contribution in [2.45, 2.75) is 40.5 Å². The molecule has 6 nitrogen and oxygen atoms in total. The molecule has 1 aromatic heterocycles. The van der Waals surface area contributed by atoms with Crippen LogP contribution in [0.4, 0.5) is 0 Å². The van der Waals surface area contributed by atoms with E-state index in [1.54, 1.807) is 7.11 Å². The number of aromatic nitrogens is 1. The molecule has 138 valence electrons. The molecule has 0 fully saturated rings. The Morgan fingerprint density at radius 1 is 1.16 bits per heavy atom. The number of hydrogen-bond donors (Lipinski definition) is 2. The van der Waals surface area contributed by atoms with Crippen molar-refractivity contribution in [3.8, 4) is 0 Å². The lowest BCUT2D eigenvalue weighted by atomic mass is 10.1. The van der Waals surface area contributed by atoms with Gasteiger partial charge in [0.05, 0.1) is 25.4 Å². The maximum Gasteiger partial charge on any atom is 0.214 e. The Balaban J connectivity index is 0.00000312. The fraction of sp³-hybridized carbons (Fsp3) is 0.444. The summed E-state index contributed by atoms with van der Waals surface area (Å²) in [7, 11) is 1.70. The van der Waals surface area contributed by atoms with E-state index >= 15 is 0 Å². The summed E-state index contributed by atoms with van der Waals surface area (Å²) in [5.41, 5.74) is 3.23. The molecular formula is C18H27IN4O2. The number of oxazole rings is 1. The van der Waals surface area contributed by atoms with Gasteiger partial charge in [-0.3, -0.25) is 0 Å². The van der Waals surface area contributed by atoms with Crippen LogP contribution < -0.4 is 10.6 Å². The highest BCUT2D eigenvalue weighted by molar-refractivity contribution is 14.0. The lowest BCUT2D eigenvalue weighted by Crippen LogP contribution is -2.36. The molecule has 0 atom stereocenters. The predicted octanol–water partition coefficient (Wildman–Crippen LogP) is 3.31. The van der Waals surface area contributed by atoms with Crippen molar-refractivity contribution in [3.63, 3.8) is 0 Å². The number of aryl methyl sites for hydroxylation is 2. The maximum atomic E-state index is 5.57. The van der Waals surface area contributed by atoms with Gasteiger partial charge in [-0.15, -0.1) is 24.0 Å². The van der Waals surface area contributed by atoms with Crippen molar-refractivity contribution in [1.82, 2.24) is 15.6 Å². The van der Waals surface area contributed by atoms with Crippen LogP contribution in [0.25, 0.3) is 0 Å². The molecule has 0 aliphatic heterocycles. The van der Waals surface area contributed by atoms with Gasteiger partial charge in [0, 0.05) is 13.7 Å². The Hall–Kier alpha value is -1.61. The highest BCUT2D eigenvalue weighted by Crippen LogP contribution is 2.08. The number of nitrogens with zero attached hydrogens (tertiary/aromatic N) is 2. The topological polar surface area (TPSA) is 71.7 Å². The molecule has 0 unspecified atom stereocenters. The zero-order valence-corrected chi connectivity index (χ0v) is 17.6. The molecule has 0 radical (unpaired) electrons. The second kappa shape index (κ2) is 11.1. The van der Waals surface area contributed by atoms with Crippen LogP contribution in [-0.4, -0.2) is 24.6 Å². The summed E-state index contributed by atoms with van der Waals surface area (Å²) in [6.45, 7) is 8.42. The van der Waals surface area contributed by atoms with E-state index < -0.39 is 0 Å². The lowest BCUT2D eigenvalue weighted by Gasteiger charge is -2.10. The minimum absolute atomic E-state index is 0. The second-order valence-electron chi connectivity index (χ2n) is 5.55. The summed E-state index contributed by atoms with van der Waals surface area (Å²) >= 11 is 0. The van der Waals surface area contributed by atoms with Crippen LogP contribution in [-0.2, 0) is 24.4 Å².